The van der Waals surface area contributed by atoms with Gasteiger partial charge >= 0.3 is 5.97 Å². The van der Waals surface area contributed by atoms with E-state index < -0.39 is 11.1 Å². The van der Waals surface area contributed by atoms with E-state index in [0.717, 1.165) is 25.7 Å². The normalized spacial score (nSPS) is 25.1. The van der Waals surface area contributed by atoms with Crippen molar-refractivity contribution in [3.05, 3.63) is 12.2 Å². The van der Waals surface area contributed by atoms with Crippen LogP contribution in [-0.4, -0.2) is 46.4 Å². The van der Waals surface area contributed by atoms with Gasteiger partial charge in [-0.3, -0.25) is 14.4 Å². The first-order valence-electron chi connectivity index (χ1n) is 10.1. The van der Waals surface area contributed by atoms with Crippen molar-refractivity contribution < 1.29 is 19.1 Å². The molecule has 6 nitrogen and oxygen atoms in total. The van der Waals surface area contributed by atoms with E-state index in [9.17, 15) is 14.4 Å². The minimum absolute atomic E-state index is 0.0156. The molecule has 1 fully saturated rings. The Bertz CT molecular complexity index is 593. The largest absolute Gasteiger partial charge is 0.460 e. The second-order valence-corrected chi connectivity index (χ2v) is 8.83. The lowest BCUT2D eigenvalue weighted by atomic mass is 9.78. The molecule has 2 atom stereocenters. The van der Waals surface area contributed by atoms with Crippen molar-refractivity contribution in [1.82, 2.24) is 10.2 Å². The summed E-state index contributed by atoms with van der Waals surface area (Å²) in [5, 5.41) is 3.15. The average Bonchev–Trinajstić information content (AvgIpc) is 2.53. The summed E-state index contributed by atoms with van der Waals surface area (Å²) in [6.07, 6.45) is 8.95. The molecule has 152 valence electrons. The van der Waals surface area contributed by atoms with Gasteiger partial charge in [0.1, 0.15) is 5.60 Å². The number of ether oxygens (including phenoxy) is 1. The lowest BCUT2D eigenvalue weighted by Crippen LogP contribution is -2.61. The van der Waals surface area contributed by atoms with Gasteiger partial charge < -0.3 is 15.0 Å². The molecule has 0 radical (unpaired) electrons. The average molecular weight is 379 g/mol. The number of piperidine rings is 1. The van der Waals surface area contributed by atoms with E-state index in [1.54, 1.807) is 6.08 Å². The Kier molecular flexibility index (Phi) is 7.06. The summed E-state index contributed by atoms with van der Waals surface area (Å²) in [5.41, 5.74) is -1.20. The van der Waals surface area contributed by atoms with Gasteiger partial charge in [-0.25, -0.2) is 0 Å². The molecule has 2 aliphatic heterocycles. The summed E-state index contributed by atoms with van der Waals surface area (Å²) in [7, 11) is 0. The minimum Gasteiger partial charge on any atom is -0.460 e. The molecule has 0 spiro atoms. The minimum atomic E-state index is -0.641. The van der Waals surface area contributed by atoms with Crippen molar-refractivity contribution in [3.8, 4) is 0 Å². The summed E-state index contributed by atoms with van der Waals surface area (Å²) < 4.78 is 5.52. The second-order valence-electron chi connectivity index (χ2n) is 8.83. The maximum Gasteiger partial charge on any atom is 0.308 e. The fourth-order valence-electron chi connectivity index (χ4n) is 3.97. The van der Waals surface area contributed by atoms with Crippen LogP contribution >= 0.6 is 0 Å². The standard InChI is InChI=1S/C21H34N2O4/c1-5-6-7-10-17(24)22-21(15-19(26)27-20(2,3)4)12-13-23-16(14-21)9-8-11-18(23)25/h8,11,16H,5-7,9-10,12-15H2,1-4H3,(H,22,24)/t16-,21?/m0/s1. The third-order valence-corrected chi connectivity index (χ3v) is 5.16. The molecule has 0 bridgehead atoms. The molecular formula is C21H34N2O4. The van der Waals surface area contributed by atoms with Crippen molar-refractivity contribution in [2.45, 2.75) is 96.2 Å². The van der Waals surface area contributed by atoms with Crippen molar-refractivity contribution in [2.24, 2.45) is 0 Å². The molecule has 2 amide bonds. The Labute approximate surface area is 162 Å². The highest BCUT2D eigenvalue weighted by molar-refractivity contribution is 5.89. The van der Waals surface area contributed by atoms with E-state index in [0.29, 0.717) is 25.8 Å². The Morgan fingerprint density at radius 3 is 2.74 bits per heavy atom. The fourth-order valence-corrected chi connectivity index (χ4v) is 3.97. The molecule has 1 saturated heterocycles. The molecule has 0 aliphatic carbocycles. The molecule has 27 heavy (non-hydrogen) atoms. The number of carbonyl (C=O) groups excluding carboxylic acids is 3. The van der Waals surface area contributed by atoms with Gasteiger partial charge in [-0.15, -0.1) is 0 Å². The summed E-state index contributed by atoms with van der Waals surface area (Å²) >= 11 is 0. The van der Waals surface area contributed by atoms with Crippen molar-refractivity contribution in [2.75, 3.05) is 6.54 Å². The van der Waals surface area contributed by atoms with Gasteiger partial charge in [-0.05, 0) is 52.5 Å². The monoisotopic (exact) mass is 378 g/mol. The number of nitrogens with zero attached hydrogens (tertiary/aromatic N) is 1. The molecule has 0 aromatic heterocycles. The molecule has 2 aliphatic rings. The number of carbonyl (C=O) groups is 3. The topological polar surface area (TPSA) is 75.7 Å². The third-order valence-electron chi connectivity index (χ3n) is 5.16. The number of hydrogen-bond donors (Lipinski definition) is 1. The van der Waals surface area contributed by atoms with E-state index >= 15 is 0 Å². The molecule has 2 heterocycles. The quantitative estimate of drug-likeness (QED) is 0.546. The van der Waals surface area contributed by atoms with Crippen molar-refractivity contribution in [1.29, 1.82) is 0 Å². The van der Waals surface area contributed by atoms with Gasteiger partial charge in [0.05, 0.1) is 12.0 Å². The van der Waals surface area contributed by atoms with Crippen LogP contribution in [-0.2, 0) is 19.1 Å². The molecule has 1 unspecified atom stereocenters. The van der Waals surface area contributed by atoms with Crippen LogP contribution in [0.4, 0.5) is 0 Å². The maximum atomic E-state index is 12.5. The van der Waals surface area contributed by atoms with Gasteiger partial charge in [-0.2, -0.15) is 0 Å². The molecule has 0 aromatic carbocycles. The van der Waals surface area contributed by atoms with E-state index in [2.05, 4.69) is 12.2 Å². The third kappa shape index (κ3) is 6.36. The molecule has 0 saturated carbocycles. The number of rotatable bonds is 7. The van der Waals surface area contributed by atoms with Crippen LogP contribution in [0, 0.1) is 0 Å². The highest BCUT2D eigenvalue weighted by Crippen LogP contribution is 2.34. The van der Waals surface area contributed by atoms with Crippen LogP contribution in [0.3, 0.4) is 0 Å². The Hall–Kier alpha value is -1.85. The summed E-state index contributed by atoms with van der Waals surface area (Å²) in [5.74, 6) is -0.299. The molecule has 6 heteroatoms. The number of hydrogen-bond acceptors (Lipinski definition) is 4. The van der Waals surface area contributed by atoms with Crippen molar-refractivity contribution >= 4 is 17.8 Å². The van der Waals surface area contributed by atoms with Gasteiger partial charge in [0, 0.05) is 19.0 Å². The van der Waals surface area contributed by atoms with Crippen LogP contribution in [0.25, 0.3) is 0 Å². The molecule has 0 aromatic rings. The Balaban J connectivity index is 2.11. The number of amides is 2. The van der Waals surface area contributed by atoms with Crippen molar-refractivity contribution in [3.63, 3.8) is 0 Å². The summed E-state index contributed by atoms with van der Waals surface area (Å²) in [4.78, 5) is 39.0. The number of esters is 1. The zero-order valence-corrected chi connectivity index (χ0v) is 17.2. The van der Waals surface area contributed by atoms with E-state index in [-0.39, 0.29) is 30.2 Å². The first kappa shape index (κ1) is 21.5. The lowest BCUT2D eigenvalue weighted by Gasteiger charge is -2.47. The highest BCUT2D eigenvalue weighted by Gasteiger charge is 2.44. The van der Waals surface area contributed by atoms with E-state index in [1.165, 1.54) is 0 Å². The van der Waals surface area contributed by atoms with Gasteiger partial charge in [0.2, 0.25) is 11.8 Å². The Morgan fingerprint density at radius 2 is 2.07 bits per heavy atom. The van der Waals surface area contributed by atoms with Gasteiger partial charge in [-0.1, -0.05) is 25.8 Å². The lowest BCUT2D eigenvalue weighted by molar-refractivity contribution is -0.157. The van der Waals surface area contributed by atoms with Crippen LogP contribution in [0.1, 0.15) is 79.1 Å². The molecule has 2 rings (SSSR count). The second kappa shape index (κ2) is 8.89. The summed E-state index contributed by atoms with van der Waals surface area (Å²) in [6, 6.07) is 0.0228. The first-order chi connectivity index (χ1) is 12.6. The van der Waals surface area contributed by atoms with E-state index in [1.807, 2.05) is 31.7 Å². The fraction of sp³-hybridized carbons (Fsp3) is 0.762. The zero-order valence-electron chi connectivity index (χ0n) is 17.2. The highest BCUT2D eigenvalue weighted by atomic mass is 16.6. The van der Waals surface area contributed by atoms with Crippen LogP contribution in [0.2, 0.25) is 0 Å². The zero-order chi connectivity index (χ0) is 20.1. The van der Waals surface area contributed by atoms with Gasteiger partial charge in [0.15, 0.2) is 0 Å². The van der Waals surface area contributed by atoms with Gasteiger partial charge in [0.25, 0.3) is 0 Å². The number of unbranched alkanes of at least 4 members (excludes halogenated alkanes) is 2. The predicted octanol–water partition coefficient (Wildman–Crippen LogP) is 3.10. The smallest absolute Gasteiger partial charge is 0.308 e. The van der Waals surface area contributed by atoms with E-state index in [4.69, 9.17) is 4.74 Å². The number of fused-ring (bicyclic) bond motifs is 1. The first-order valence-corrected chi connectivity index (χ1v) is 10.1. The predicted molar refractivity (Wildman–Crippen MR) is 104 cm³/mol. The van der Waals surface area contributed by atoms with Crippen LogP contribution < -0.4 is 5.32 Å². The van der Waals surface area contributed by atoms with Crippen LogP contribution in [0.5, 0.6) is 0 Å². The molecule has 1 N–H and O–H groups in total. The van der Waals surface area contributed by atoms with Crippen LogP contribution in [0.15, 0.2) is 12.2 Å². The molecular weight excluding hydrogens is 344 g/mol. The Morgan fingerprint density at radius 1 is 1.33 bits per heavy atom. The number of nitrogens with one attached hydrogen (secondary N) is 1. The SMILES string of the molecule is CCCCCC(=O)NC1(CC(=O)OC(C)(C)C)CCN2C(=O)C=CC[C@H]2C1. The summed E-state index contributed by atoms with van der Waals surface area (Å²) in [6.45, 7) is 8.17. The maximum absolute atomic E-state index is 12.5.